The number of ether oxygens (including phenoxy) is 1. The molecule has 0 aliphatic carbocycles. The van der Waals surface area contributed by atoms with Gasteiger partial charge < -0.3 is 4.74 Å². The molecule has 0 bridgehead atoms. The lowest BCUT2D eigenvalue weighted by Gasteiger charge is -2.05. The second-order valence-electron chi connectivity index (χ2n) is 3.46. The normalized spacial score (nSPS) is 10.3. The third-order valence-electron chi connectivity index (χ3n) is 2.29. The molecule has 0 amide bonds. The SMILES string of the molecule is Cn1ncnc1COc1ccc([N+](=O)[O-])c(Cl)c1. The minimum Gasteiger partial charge on any atom is -0.486 e. The van der Waals surface area contributed by atoms with Crippen LogP contribution in [-0.2, 0) is 13.7 Å². The molecule has 0 spiro atoms. The summed E-state index contributed by atoms with van der Waals surface area (Å²) in [7, 11) is 1.74. The lowest BCUT2D eigenvalue weighted by Crippen LogP contribution is -2.04. The Hall–Kier alpha value is -2.15. The van der Waals surface area contributed by atoms with E-state index in [9.17, 15) is 10.1 Å². The van der Waals surface area contributed by atoms with Gasteiger partial charge in [0.25, 0.3) is 5.69 Å². The van der Waals surface area contributed by atoms with Crippen molar-refractivity contribution >= 4 is 17.3 Å². The molecule has 2 rings (SSSR count). The summed E-state index contributed by atoms with van der Waals surface area (Å²) in [5, 5.41) is 14.5. The van der Waals surface area contributed by atoms with Crippen molar-refractivity contribution in [1.29, 1.82) is 0 Å². The smallest absolute Gasteiger partial charge is 0.288 e. The van der Waals surface area contributed by atoms with Crippen molar-refractivity contribution < 1.29 is 9.66 Å². The first-order valence-electron chi connectivity index (χ1n) is 4.97. The van der Waals surface area contributed by atoms with Crippen LogP contribution in [0.25, 0.3) is 0 Å². The Morgan fingerprint density at radius 1 is 1.56 bits per heavy atom. The van der Waals surface area contributed by atoms with Crippen LogP contribution >= 0.6 is 11.6 Å². The number of hydrogen-bond donors (Lipinski definition) is 0. The number of nitro benzene ring substituents is 1. The molecule has 1 aromatic carbocycles. The Morgan fingerprint density at radius 2 is 2.33 bits per heavy atom. The number of benzene rings is 1. The first-order valence-corrected chi connectivity index (χ1v) is 5.35. The van der Waals surface area contributed by atoms with Gasteiger partial charge in [-0.05, 0) is 6.07 Å². The van der Waals surface area contributed by atoms with Gasteiger partial charge in [-0.3, -0.25) is 14.8 Å². The number of aryl methyl sites for hydroxylation is 1. The summed E-state index contributed by atoms with van der Waals surface area (Å²) in [5.74, 6) is 1.08. The standard InChI is InChI=1S/C10H9ClN4O3/c1-14-10(12-6-13-14)5-18-7-2-3-9(15(16)17)8(11)4-7/h2-4,6H,5H2,1H3. The third-order valence-corrected chi connectivity index (χ3v) is 2.59. The fourth-order valence-electron chi connectivity index (χ4n) is 1.32. The van der Waals surface area contributed by atoms with E-state index in [0.29, 0.717) is 11.6 Å². The van der Waals surface area contributed by atoms with Gasteiger partial charge in [-0.25, -0.2) is 4.98 Å². The maximum atomic E-state index is 10.6. The predicted octanol–water partition coefficient (Wildman–Crippen LogP) is 1.96. The fourth-order valence-corrected chi connectivity index (χ4v) is 1.56. The quantitative estimate of drug-likeness (QED) is 0.625. The molecule has 7 nitrogen and oxygen atoms in total. The summed E-state index contributed by atoms with van der Waals surface area (Å²) in [4.78, 5) is 14.0. The summed E-state index contributed by atoms with van der Waals surface area (Å²) in [5.41, 5.74) is -0.150. The zero-order chi connectivity index (χ0) is 13.1. The van der Waals surface area contributed by atoms with Crippen LogP contribution in [0, 0.1) is 10.1 Å². The van der Waals surface area contributed by atoms with E-state index >= 15 is 0 Å². The number of nitro groups is 1. The number of halogens is 1. The van der Waals surface area contributed by atoms with Crippen LogP contribution in [0.1, 0.15) is 5.82 Å². The zero-order valence-electron chi connectivity index (χ0n) is 9.41. The highest BCUT2D eigenvalue weighted by Gasteiger charge is 2.12. The highest BCUT2D eigenvalue weighted by molar-refractivity contribution is 6.32. The van der Waals surface area contributed by atoms with E-state index in [1.807, 2.05) is 0 Å². The molecule has 0 aliphatic heterocycles. The lowest BCUT2D eigenvalue weighted by molar-refractivity contribution is -0.384. The maximum Gasteiger partial charge on any atom is 0.288 e. The van der Waals surface area contributed by atoms with Gasteiger partial charge in [0.15, 0.2) is 5.82 Å². The Labute approximate surface area is 107 Å². The summed E-state index contributed by atoms with van der Waals surface area (Å²) < 4.78 is 6.99. The van der Waals surface area contributed by atoms with Crippen LogP contribution in [0.2, 0.25) is 5.02 Å². The second kappa shape index (κ2) is 5.01. The van der Waals surface area contributed by atoms with Crippen LogP contribution in [-0.4, -0.2) is 19.7 Å². The van der Waals surface area contributed by atoms with E-state index < -0.39 is 4.92 Å². The van der Waals surface area contributed by atoms with Crippen molar-refractivity contribution in [2.75, 3.05) is 0 Å². The summed E-state index contributed by atoms with van der Waals surface area (Å²) in [6, 6.07) is 4.19. The van der Waals surface area contributed by atoms with E-state index in [2.05, 4.69) is 10.1 Å². The minimum absolute atomic E-state index is 0.0375. The van der Waals surface area contributed by atoms with Crippen molar-refractivity contribution in [1.82, 2.24) is 14.8 Å². The van der Waals surface area contributed by atoms with Crippen LogP contribution in [0.15, 0.2) is 24.5 Å². The van der Waals surface area contributed by atoms with Gasteiger partial charge in [0, 0.05) is 19.2 Å². The average molecular weight is 269 g/mol. The monoisotopic (exact) mass is 268 g/mol. The molecular weight excluding hydrogens is 260 g/mol. The predicted molar refractivity (Wildman–Crippen MR) is 63.4 cm³/mol. The molecule has 0 fully saturated rings. The maximum absolute atomic E-state index is 10.6. The molecule has 0 N–H and O–H groups in total. The fraction of sp³-hybridized carbons (Fsp3) is 0.200. The van der Waals surface area contributed by atoms with Crippen molar-refractivity contribution in [3.8, 4) is 5.75 Å². The molecular formula is C10H9ClN4O3. The lowest BCUT2D eigenvalue weighted by atomic mass is 10.3. The molecule has 0 saturated carbocycles. The highest BCUT2D eigenvalue weighted by Crippen LogP contribution is 2.28. The first kappa shape index (κ1) is 12.3. The van der Waals surface area contributed by atoms with Gasteiger partial charge in [-0.2, -0.15) is 5.10 Å². The summed E-state index contributed by atoms with van der Waals surface area (Å²) >= 11 is 5.76. The van der Waals surface area contributed by atoms with Crippen LogP contribution in [0.3, 0.4) is 0 Å². The van der Waals surface area contributed by atoms with Gasteiger partial charge in [0.2, 0.25) is 0 Å². The average Bonchev–Trinajstić information content (AvgIpc) is 2.72. The van der Waals surface area contributed by atoms with Gasteiger partial charge in [0.05, 0.1) is 4.92 Å². The Balaban J connectivity index is 2.09. The van der Waals surface area contributed by atoms with E-state index in [4.69, 9.17) is 16.3 Å². The molecule has 2 aromatic rings. The van der Waals surface area contributed by atoms with Gasteiger partial charge in [0.1, 0.15) is 23.7 Å². The van der Waals surface area contributed by atoms with Gasteiger partial charge in [-0.1, -0.05) is 11.6 Å². The van der Waals surface area contributed by atoms with Gasteiger partial charge in [-0.15, -0.1) is 0 Å². The van der Waals surface area contributed by atoms with Crippen LogP contribution in [0.4, 0.5) is 5.69 Å². The third kappa shape index (κ3) is 2.57. The molecule has 8 heteroatoms. The number of hydrogen-bond acceptors (Lipinski definition) is 5. The molecule has 0 radical (unpaired) electrons. The topological polar surface area (TPSA) is 83.1 Å². The summed E-state index contributed by atoms with van der Waals surface area (Å²) in [6.07, 6.45) is 1.42. The van der Waals surface area contributed by atoms with E-state index in [-0.39, 0.29) is 17.3 Å². The number of nitrogens with zero attached hydrogens (tertiary/aromatic N) is 4. The molecule has 0 saturated heterocycles. The molecule has 0 atom stereocenters. The molecule has 18 heavy (non-hydrogen) atoms. The van der Waals surface area contributed by atoms with Crippen molar-refractivity contribution in [2.45, 2.75) is 6.61 Å². The van der Waals surface area contributed by atoms with Crippen molar-refractivity contribution in [3.63, 3.8) is 0 Å². The van der Waals surface area contributed by atoms with E-state index in [0.717, 1.165) is 0 Å². The molecule has 94 valence electrons. The van der Waals surface area contributed by atoms with Crippen LogP contribution < -0.4 is 4.74 Å². The van der Waals surface area contributed by atoms with Crippen LogP contribution in [0.5, 0.6) is 5.75 Å². The molecule has 1 aromatic heterocycles. The highest BCUT2D eigenvalue weighted by atomic mass is 35.5. The van der Waals surface area contributed by atoms with Crippen molar-refractivity contribution in [3.05, 3.63) is 45.5 Å². The Bertz CT molecular complexity index is 584. The molecule has 0 aliphatic rings. The van der Waals surface area contributed by atoms with Crippen molar-refractivity contribution in [2.24, 2.45) is 7.05 Å². The first-order chi connectivity index (χ1) is 8.58. The molecule has 1 heterocycles. The largest absolute Gasteiger partial charge is 0.486 e. The number of aromatic nitrogens is 3. The van der Waals surface area contributed by atoms with E-state index in [1.54, 1.807) is 11.7 Å². The summed E-state index contributed by atoms with van der Waals surface area (Å²) in [6.45, 7) is 0.213. The second-order valence-corrected chi connectivity index (χ2v) is 3.87. The van der Waals surface area contributed by atoms with E-state index in [1.165, 1.54) is 24.5 Å². The number of rotatable bonds is 4. The Morgan fingerprint density at radius 3 is 2.89 bits per heavy atom. The minimum atomic E-state index is -0.547. The van der Waals surface area contributed by atoms with Gasteiger partial charge >= 0.3 is 0 Å². The Kier molecular flexibility index (Phi) is 3.42. The zero-order valence-corrected chi connectivity index (χ0v) is 10.2. The molecule has 0 unspecified atom stereocenters.